The number of carbonyl (C=O) groups is 1. The molecule has 0 aliphatic heterocycles. The highest BCUT2D eigenvalue weighted by molar-refractivity contribution is 7.98. The van der Waals surface area contributed by atoms with Crippen LogP contribution >= 0.6 is 11.8 Å². The summed E-state index contributed by atoms with van der Waals surface area (Å²) in [6.07, 6.45) is 2.02. The summed E-state index contributed by atoms with van der Waals surface area (Å²) in [5, 5.41) is 2.61. The fraction of sp³-hybridized carbons (Fsp3) is 0.417. The average Bonchev–Trinajstić information content (AvgIpc) is 2.37. The van der Waals surface area contributed by atoms with Gasteiger partial charge in [-0.2, -0.15) is 0 Å². The number of thioether (sulfide) groups is 1. The summed E-state index contributed by atoms with van der Waals surface area (Å²) in [6, 6.07) is 6.02. The zero-order valence-electron chi connectivity index (χ0n) is 10.5. The first kappa shape index (κ1) is 13.9. The van der Waals surface area contributed by atoms with Gasteiger partial charge < -0.3 is 16.0 Å². The van der Waals surface area contributed by atoms with Crippen molar-refractivity contribution in [3.8, 4) is 0 Å². The van der Waals surface area contributed by atoms with E-state index >= 15 is 0 Å². The summed E-state index contributed by atoms with van der Waals surface area (Å²) < 4.78 is 0. The Morgan fingerprint density at radius 1 is 1.53 bits per heavy atom. The van der Waals surface area contributed by atoms with E-state index in [1.165, 1.54) is 0 Å². The van der Waals surface area contributed by atoms with Gasteiger partial charge in [0.1, 0.15) is 0 Å². The van der Waals surface area contributed by atoms with E-state index in [0.717, 1.165) is 16.1 Å². The molecule has 3 N–H and O–H groups in total. The van der Waals surface area contributed by atoms with Gasteiger partial charge in [-0.15, -0.1) is 11.8 Å². The fourth-order valence-electron chi connectivity index (χ4n) is 1.69. The summed E-state index contributed by atoms with van der Waals surface area (Å²) in [5.74, 6) is -0.00924. The van der Waals surface area contributed by atoms with Crippen molar-refractivity contribution in [2.45, 2.75) is 11.4 Å². The van der Waals surface area contributed by atoms with Crippen LogP contribution < -0.4 is 16.0 Å². The van der Waals surface area contributed by atoms with Crippen LogP contribution in [0.5, 0.6) is 0 Å². The Bertz CT molecular complexity index is 395. The van der Waals surface area contributed by atoms with Crippen molar-refractivity contribution in [1.29, 1.82) is 0 Å². The van der Waals surface area contributed by atoms with E-state index in [4.69, 9.17) is 5.73 Å². The highest BCUT2D eigenvalue weighted by atomic mass is 32.2. The van der Waals surface area contributed by atoms with Gasteiger partial charge in [-0.25, -0.2) is 0 Å². The predicted molar refractivity (Wildman–Crippen MR) is 73.5 cm³/mol. The molecular formula is C12H19N3OS. The lowest BCUT2D eigenvalue weighted by molar-refractivity contribution is -0.119. The molecule has 94 valence electrons. The minimum atomic E-state index is -0.00924. The summed E-state index contributed by atoms with van der Waals surface area (Å²) >= 11 is 1.67. The van der Waals surface area contributed by atoms with Gasteiger partial charge in [-0.1, -0.05) is 6.07 Å². The van der Waals surface area contributed by atoms with E-state index in [9.17, 15) is 4.79 Å². The maximum atomic E-state index is 11.4. The molecule has 1 aromatic carbocycles. The van der Waals surface area contributed by atoms with Crippen molar-refractivity contribution < 1.29 is 4.79 Å². The van der Waals surface area contributed by atoms with Crippen LogP contribution in [0.15, 0.2) is 23.1 Å². The minimum absolute atomic E-state index is 0.00924. The summed E-state index contributed by atoms with van der Waals surface area (Å²) in [6.45, 7) is 0.811. The molecule has 0 heterocycles. The van der Waals surface area contributed by atoms with Crippen LogP contribution in [0.25, 0.3) is 0 Å². The van der Waals surface area contributed by atoms with Crippen molar-refractivity contribution in [2.75, 3.05) is 31.8 Å². The number of likely N-dealkylation sites (N-methyl/N-ethyl adjacent to an activating group) is 2. The van der Waals surface area contributed by atoms with Gasteiger partial charge in [0.2, 0.25) is 5.91 Å². The molecule has 0 atom stereocenters. The third-order valence-corrected chi connectivity index (χ3v) is 3.43. The Morgan fingerprint density at radius 3 is 2.76 bits per heavy atom. The number of benzene rings is 1. The number of carbonyl (C=O) groups excluding carboxylic acids is 1. The Morgan fingerprint density at radius 2 is 2.24 bits per heavy atom. The Kier molecular flexibility index (Phi) is 5.31. The van der Waals surface area contributed by atoms with Crippen LogP contribution in [0.4, 0.5) is 5.69 Å². The van der Waals surface area contributed by atoms with E-state index in [0.29, 0.717) is 13.1 Å². The second kappa shape index (κ2) is 6.51. The molecule has 1 amide bonds. The number of nitrogens with zero attached hydrogens (tertiary/aromatic N) is 1. The molecule has 0 aromatic heterocycles. The fourth-order valence-corrected chi connectivity index (χ4v) is 2.34. The first-order valence-electron chi connectivity index (χ1n) is 5.41. The SMILES string of the molecule is CNC(=O)CN(C)c1cccc(SC)c1CN. The molecule has 0 saturated heterocycles. The van der Waals surface area contributed by atoms with Gasteiger partial charge in [-0.05, 0) is 18.4 Å². The summed E-state index contributed by atoms with van der Waals surface area (Å²) in [7, 11) is 3.53. The molecule has 5 heteroatoms. The molecule has 0 saturated carbocycles. The van der Waals surface area contributed by atoms with Crippen molar-refractivity contribution >= 4 is 23.4 Å². The topological polar surface area (TPSA) is 58.4 Å². The quantitative estimate of drug-likeness (QED) is 0.770. The largest absolute Gasteiger partial charge is 0.365 e. The Balaban J connectivity index is 3.00. The lowest BCUT2D eigenvalue weighted by atomic mass is 10.1. The molecule has 1 aromatic rings. The lowest BCUT2D eigenvalue weighted by Crippen LogP contribution is -2.33. The first-order chi connectivity index (χ1) is 8.13. The number of hydrogen-bond donors (Lipinski definition) is 2. The monoisotopic (exact) mass is 253 g/mol. The van der Waals surface area contributed by atoms with Gasteiger partial charge >= 0.3 is 0 Å². The second-order valence-corrected chi connectivity index (χ2v) is 4.54. The van der Waals surface area contributed by atoms with Gasteiger partial charge in [0.25, 0.3) is 0 Å². The van der Waals surface area contributed by atoms with Crippen molar-refractivity contribution in [3.63, 3.8) is 0 Å². The molecule has 0 bridgehead atoms. The van der Waals surface area contributed by atoms with E-state index < -0.39 is 0 Å². The number of anilines is 1. The van der Waals surface area contributed by atoms with Crippen molar-refractivity contribution in [1.82, 2.24) is 5.32 Å². The summed E-state index contributed by atoms with van der Waals surface area (Å²) in [4.78, 5) is 14.4. The molecule has 0 aliphatic rings. The zero-order chi connectivity index (χ0) is 12.8. The number of amides is 1. The molecular weight excluding hydrogens is 234 g/mol. The number of nitrogens with two attached hydrogens (primary N) is 1. The van der Waals surface area contributed by atoms with Crippen LogP contribution in [-0.4, -0.2) is 32.8 Å². The molecule has 0 radical (unpaired) electrons. The lowest BCUT2D eigenvalue weighted by Gasteiger charge is -2.22. The molecule has 0 unspecified atom stereocenters. The number of nitrogens with one attached hydrogen (secondary N) is 1. The van der Waals surface area contributed by atoms with Crippen LogP contribution in [0.2, 0.25) is 0 Å². The molecule has 0 spiro atoms. The third kappa shape index (κ3) is 3.38. The van der Waals surface area contributed by atoms with Crippen LogP contribution in [0.1, 0.15) is 5.56 Å². The van der Waals surface area contributed by atoms with E-state index in [2.05, 4.69) is 5.32 Å². The maximum Gasteiger partial charge on any atom is 0.239 e. The zero-order valence-corrected chi connectivity index (χ0v) is 11.3. The number of rotatable bonds is 5. The molecule has 0 aliphatic carbocycles. The highest BCUT2D eigenvalue weighted by Crippen LogP contribution is 2.28. The van der Waals surface area contributed by atoms with Crippen molar-refractivity contribution in [2.24, 2.45) is 5.73 Å². The maximum absolute atomic E-state index is 11.4. The third-order valence-electron chi connectivity index (χ3n) is 2.60. The number of hydrogen-bond acceptors (Lipinski definition) is 4. The van der Waals surface area contributed by atoms with Crippen LogP contribution in [0.3, 0.4) is 0 Å². The first-order valence-corrected chi connectivity index (χ1v) is 6.64. The highest BCUT2D eigenvalue weighted by Gasteiger charge is 2.12. The van der Waals surface area contributed by atoms with Gasteiger partial charge in [-0.3, -0.25) is 4.79 Å². The van der Waals surface area contributed by atoms with E-state index in [-0.39, 0.29) is 5.91 Å². The molecule has 17 heavy (non-hydrogen) atoms. The Hall–Kier alpha value is -1.20. The normalized spacial score (nSPS) is 10.1. The average molecular weight is 253 g/mol. The predicted octanol–water partition coefficient (Wildman–Crippen LogP) is 1.05. The molecule has 1 rings (SSSR count). The Labute approximate surface area is 107 Å². The van der Waals surface area contributed by atoms with E-state index in [1.807, 2.05) is 36.4 Å². The second-order valence-electron chi connectivity index (χ2n) is 3.69. The van der Waals surface area contributed by atoms with E-state index in [1.54, 1.807) is 18.8 Å². The minimum Gasteiger partial charge on any atom is -0.365 e. The van der Waals surface area contributed by atoms with Gasteiger partial charge in [0, 0.05) is 36.8 Å². The molecule has 4 nitrogen and oxygen atoms in total. The standard InChI is InChI=1S/C12H19N3OS/c1-14-12(16)8-15(2)10-5-4-6-11(17-3)9(10)7-13/h4-6H,7-8,13H2,1-3H3,(H,14,16). The van der Waals surface area contributed by atoms with Crippen molar-refractivity contribution in [3.05, 3.63) is 23.8 Å². The smallest absolute Gasteiger partial charge is 0.239 e. The van der Waals surface area contributed by atoms with Crippen LogP contribution in [-0.2, 0) is 11.3 Å². The van der Waals surface area contributed by atoms with Gasteiger partial charge in [0.05, 0.1) is 6.54 Å². The van der Waals surface area contributed by atoms with Crippen LogP contribution in [0, 0.1) is 0 Å². The molecule has 0 fully saturated rings. The summed E-state index contributed by atoms with van der Waals surface area (Å²) in [5.41, 5.74) is 7.89. The van der Waals surface area contributed by atoms with Gasteiger partial charge in [0.15, 0.2) is 0 Å².